The normalized spacial score (nSPS) is 9.88. The summed E-state index contributed by atoms with van der Waals surface area (Å²) >= 11 is 0. The van der Waals surface area contributed by atoms with Gasteiger partial charge in [0.2, 0.25) is 0 Å². The lowest BCUT2D eigenvalue weighted by Gasteiger charge is -2.06. The number of para-hydroxylation sites is 1. The lowest BCUT2D eigenvalue weighted by molar-refractivity contribution is -0.107. The van der Waals surface area contributed by atoms with Gasteiger partial charge in [0.15, 0.2) is 0 Å². The first-order chi connectivity index (χ1) is 8.38. The number of aryl methyl sites for hydroxylation is 1. The van der Waals surface area contributed by atoms with E-state index >= 15 is 0 Å². The molecule has 86 valence electrons. The Kier molecular flexibility index (Phi) is 3.92. The van der Waals surface area contributed by atoms with Crippen molar-refractivity contribution in [1.29, 1.82) is 0 Å². The monoisotopic (exact) mass is 226 g/mol. The second-order valence-electron chi connectivity index (χ2n) is 3.76. The second-order valence-corrected chi connectivity index (χ2v) is 3.76. The standard InChI is InChI=1S/C15H14O2/c16-12-4-5-13-8-10-15(11-9-13)17-14-6-2-1-3-7-14/h1-3,6-12H,4-5H2. The molecule has 2 aromatic rings. The van der Waals surface area contributed by atoms with E-state index in [-0.39, 0.29) is 0 Å². The molecule has 0 radical (unpaired) electrons. The summed E-state index contributed by atoms with van der Waals surface area (Å²) in [6.45, 7) is 0. The summed E-state index contributed by atoms with van der Waals surface area (Å²) in [5, 5.41) is 0. The van der Waals surface area contributed by atoms with E-state index in [2.05, 4.69) is 0 Å². The molecule has 0 aliphatic carbocycles. The van der Waals surface area contributed by atoms with Gasteiger partial charge in [-0.15, -0.1) is 0 Å². The molecule has 2 aromatic carbocycles. The fourth-order valence-electron chi connectivity index (χ4n) is 1.57. The van der Waals surface area contributed by atoms with Crippen molar-refractivity contribution >= 4 is 6.29 Å². The van der Waals surface area contributed by atoms with E-state index in [9.17, 15) is 4.79 Å². The smallest absolute Gasteiger partial charge is 0.127 e. The van der Waals surface area contributed by atoms with Gasteiger partial charge in [-0.25, -0.2) is 0 Å². The zero-order chi connectivity index (χ0) is 11.9. The van der Waals surface area contributed by atoms with Crippen LogP contribution in [0.1, 0.15) is 12.0 Å². The molecular weight excluding hydrogens is 212 g/mol. The molecule has 2 nitrogen and oxygen atoms in total. The van der Waals surface area contributed by atoms with E-state index in [4.69, 9.17) is 4.74 Å². The molecule has 0 aromatic heterocycles. The van der Waals surface area contributed by atoms with Gasteiger partial charge in [0, 0.05) is 6.42 Å². The fourth-order valence-corrected chi connectivity index (χ4v) is 1.57. The summed E-state index contributed by atoms with van der Waals surface area (Å²) in [6.07, 6.45) is 2.29. The Bertz CT molecular complexity index is 460. The summed E-state index contributed by atoms with van der Waals surface area (Å²) in [5.74, 6) is 1.64. The number of aldehydes is 1. The molecule has 0 N–H and O–H groups in total. The van der Waals surface area contributed by atoms with E-state index in [1.54, 1.807) is 0 Å². The Balaban J connectivity index is 2.01. The van der Waals surface area contributed by atoms with E-state index < -0.39 is 0 Å². The minimum absolute atomic E-state index is 0.568. The van der Waals surface area contributed by atoms with Gasteiger partial charge in [0.05, 0.1) is 0 Å². The topological polar surface area (TPSA) is 26.3 Å². The zero-order valence-electron chi connectivity index (χ0n) is 9.50. The third-order valence-electron chi connectivity index (χ3n) is 2.45. The number of carbonyl (C=O) groups excluding carboxylic acids is 1. The first kappa shape index (κ1) is 11.4. The van der Waals surface area contributed by atoms with E-state index in [1.165, 1.54) is 0 Å². The van der Waals surface area contributed by atoms with Crippen LogP contribution in [0, 0.1) is 0 Å². The van der Waals surface area contributed by atoms with Crippen LogP contribution < -0.4 is 4.74 Å². The van der Waals surface area contributed by atoms with Crippen molar-refractivity contribution < 1.29 is 9.53 Å². The quantitative estimate of drug-likeness (QED) is 0.728. The maximum absolute atomic E-state index is 10.3. The molecule has 0 saturated carbocycles. The van der Waals surface area contributed by atoms with Crippen molar-refractivity contribution in [2.24, 2.45) is 0 Å². The van der Waals surface area contributed by atoms with Gasteiger partial charge in [0.1, 0.15) is 17.8 Å². The van der Waals surface area contributed by atoms with Gasteiger partial charge in [-0.2, -0.15) is 0 Å². The third-order valence-corrected chi connectivity index (χ3v) is 2.45. The van der Waals surface area contributed by atoms with Crippen LogP contribution in [-0.4, -0.2) is 6.29 Å². The highest BCUT2D eigenvalue weighted by atomic mass is 16.5. The van der Waals surface area contributed by atoms with Gasteiger partial charge < -0.3 is 9.53 Å². The minimum Gasteiger partial charge on any atom is -0.457 e. The van der Waals surface area contributed by atoms with Gasteiger partial charge in [-0.3, -0.25) is 0 Å². The summed E-state index contributed by atoms with van der Waals surface area (Å²) in [6, 6.07) is 17.5. The van der Waals surface area contributed by atoms with Gasteiger partial charge in [-0.1, -0.05) is 30.3 Å². The first-order valence-electron chi connectivity index (χ1n) is 5.64. The largest absolute Gasteiger partial charge is 0.457 e. The van der Waals surface area contributed by atoms with Crippen LogP contribution in [0.25, 0.3) is 0 Å². The van der Waals surface area contributed by atoms with E-state index in [0.29, 0.717) is 6.42 Å². The van der Waals surface area contributed by atoms with Gasteiger partial charge in [-0.05, 0) is 36.2 Å². The first-order valence-corrected chi connectivity index (χ1v) is 5.64. The van der Waals surface area contributed by atoms with Crippen molar-refractivity contribution in [3.63, 3.8) is 0 Å². The summed E-state index contributed by atoms with van der Waals surface area (Å²) in [5.41, 5.74) is 1.15. The second kappa shape index (κ2) is 5.85. The summed E-state index contributed by atoms with van der Waals surface area (Å²) in [7, 11) is 0. The maximum Gasteiger partial charge on any atom is 0.127 e. The molecule has 0 saturated heterocycles. The average molecular weight is 226 g/mol. The van der Waals surface area contributed by atoms with Crippen LogP contribution in [0.5, 0.6) is 11.5 Å². The molecule has 0 bridgehead atoms. The van der Waals surface area contributed by atoms with E-state index in [1.807, 2.05) is 54.6 Å². The number of benzene rings is 2. The molecule has 2 rings (SSSR count). The van der Waals surface area contributed by atoms with Crippen LogP contribution >= 0.6 is 0 Å². The van der Waals surface area contributed by atoms with Crippen LogP contribution in [0.4, 0.5) is 0 Å². The Morgan fingerprint density at radius 3 is 2.18 bits per heavy atom. The van der Waals surface area contributed by atoms with Gasteiger partial charge >= 0.3 is 0 Å². The molecule has 0 aliphatic heterocycles. The highest BCUT2D eigenvalue weighted by Crippen LogP contribution is 2.21. The van der Waals surface area contributed by atoms with Crippen LogP contribution in [-0.2, 0) is 11.2 Å². The van der Waals surface area contributed by atoms with Crippen LogP contribution in [0.2, 0.25) is 0 Å². The summed E-state index contributed by atoms with van der Waals surface area (Å²) in [4.78, 5) is 10.3. The number of carbonyl (C=O) groups is 1. The lowest BCUT2D eigenvalue weighted by atomic mass is 10.1. The Labute approximate surface area is 101 Å². The van der Waals surface area contributed by atoms with Crippen molar-refractivity contribution in [2.75, 3.05) is 0 Å². The predicted octanol–water partition coefficient (Wildman–Crippen LogP) is 3.61. The lowest BCUT2D eigenvalue weighted by Crippen LogP contribution is -1.87. The zero-order valence-corrected chi connectivity index (χ0v) is 9.50. The SMILES string of the molecule is O=CCCc1ccc(Oc2ccccc2)cc1. The Morgan fingerprint density at radius 1 is 0.882 bits per heavy atom. The highest BCUT2D eigenvalue weighted by Gasteiger charge is 1.97. The highest BCUT2D eigenvalue weighted by molar-refractivity contribution is 5.50. The molecule has 2 heteroatoms. The fraction of sp³-hybridized carbons (Fsp3) is 0.133. The van der Waals surface area contributed by atoms with Crippen LogP contribution in [0.3, 0.4) is 0 Å². The molecule has 0 heterocycles. The van der Waals surface area contributed by atoms with E-state index in [0.717, 1.165) is 29.8 Å². The van der Waals surface area contributed by atoms with Crippen molar-refractivity contribution in [3.8, 4) is 11.5 Å². The number of hydrogen-bond acceptors (Lipinski definition) is 2. The van der Waals surface area contributed by atoms with Gasteiger partial charge in [0.25, 0.3) is 0 Å². The van der Waals surface area contributed by atoms with Crippen LogP contribution in [0.15, 0.2) is 54.6 Å². The molecule has 0 unspecified atom stereocenters. The number of hydrogen-bond donors (Lipinski definition) is 0. The Hall–Kier alpha value is -2.09. The average Bonchev–Trinajstić information content (AvgIpc) is 2.39. The minimum atomic E-state index is 0.568. The molecule has 0 aliphatic rings. The number of rotatable bonds is 5. The molecular formula is C15H14O2. The molecule has 0 amide bonds. The third kappa shape index (κ3) is 3.45. The molecule has 17 heavy (non-hydrogen) atoms. The predicted molar refractivity (Wildman–Crippen MR) is 67.3 cm³/mol. The van der Waals surface area contributed by atoms with Crippen molar-refractivity contribution in [3.05, 3.63) is 60.2 Å². The number of ether oxygens (including phenoxy) is 1. The molecule has 0 spiro atoms. The Morgan fingerprint density at radius 2 is 1.53 bits per heavy atom. The summed E-state index contributed by atoms with van der Waals surface area (Å²) < 4.78 is 5.67. The molecule has 0 fully saturated rings. The van der Waals surface area contributed by atoms with Crippen molar-refractivity contribution in [1.82, 2.24) is 0 Å². The molecule has 0 atom stereocenters. The maximum atomic E-state index is 10.3. The van der Waals surface area contributed by atoms with Crippen molar-refractivity contribution in [2.45, 2.75) is 12.8 Å².